The topological polar surface area (TPSA) is 40.5 Å². The van der Waals surface area contributed by atoms with Gasteiger partial charge in [-0.3, -0.25) is 4.79 Å². The van der Waals surface area contributed by atoms with E-state index in [4.69, 9.17) is 9.47 Å². The number of rotatable bonds is 4. The molecule has 1 aliphatic rings. The number of hydrogen-bond acceptors (Lipinski definition) is 3. The fraction of sp³-hybridized carbons (Fsp3) is 0.267. The number of hydrogen-bond donors (Lipinski definition) is 0. The van der Waals surface area contributed by atoms with E-state index in [2.05, 4.69) is 15.9 Å². The van der Waals surface area contributed by atoms with E-state index in [9.17, 15) is 4.79 Å². The molecular formula is C15H14BrNO3. The van der Waals surface area contributed by atoms with Crippen molar-refractivity contribution in [1.82, 2.24) is 4.57 Å². The summed E-state index contributed by atoms with van der Waals surface area (Å²) < 4.78 is 12.7. The van der Waals surface area contributed by atoms with E-state index >= 15 is 0 Å². The lowest BCUT2D eigenvalue weighted by atomic mass is 10.0. The number of carbonyl (C=O) groups is 1. The van der Waals surface area contributed by atoms with Gasteiger partial charge in [0, 0.05) is 35.4 Å². The van der Waals surface area contributed by atoms with E-state index in [1.54, 1.807) is 6.92 Å². The molecule has 20 heavy (non-hydrogen) atoms. The third-order valence-corrected chi connectivity index (χ3v) is 3.64. The smallest absolute Gasteiger partial charge is 0.231 e. The minimum atomic E-state index is 0.0611. The van der Waals surface area contributed by atoms with Crippen LogP contribution in [-0.2, 0) is 6.54 Å². The van der Waals surface area contributed by atoms with Crippen LogP contribution in [0.1, 0.15) is 17.3 Å². The molecule has 2 heterocycles. The van der Waals surface area contributed by atoms with Crippen LogP contribution in [0, 0.1) is 0 Å². The van der Waals surface area contributed by atoms with Gasteiger partial charge in [-0.15, -0.1) is 0 Å². The van der Waals surface area contributed by atoms with Crippen molar-refractivity contribution in [2.45, 2.75) is 13.5 Å². The van der Waals surface area contributed by atoms with E-state index in [1.165, 1.54) is 0 Å². The van der Waals surface area contributed by atoms with Crippen molar-refractivity contribution >= 4 is 21.7 Å². The summed E-state index contributed by atoms with van der Waals surface area (Å²) in [6, 6.07) is 5.75. The molecule has 0 spiro atoms. The van der Waals surface area contributed by atoms with Crippen LogP contribution >= 0.6 is 15.9 Å². The number of nitrogens with zero attached hydrogens (tertiary/aromatic N) is 1. The quantitative estimate of drug-likeness (QED) is 0.634. The first-order valence-electron chi connectivity index (χ1n) is 6.35. The molecule has 4 nitrogen and oxygen atoms in total. The second-order valence-corrected chi connectivity index (χ2v) is 5.43. The Hall–Kier alpha value is -1.75. The number of ether oxygens (including phenoxy) is 2. The summed E-state index contributed by atoms with van der Waals surface area (Å²) in [6.45, 7) is 2.66. The number of Topliss-reactive ketones (excluding diaryl/α,β-unsaturated/α-hetero) is 1. The molecule has 3 rings (SSSR count). The third kappa shape index (κ3) is 2.33. The Morgan fingerprint density at radius 1 is 1.30 bits per heavy atom. The summed E-state index contributed by atoms with van der Waals surface area (Å²) in [5.41, 5.74) is 2.62. The molecule has 0 unspecified atom stereocenters. The zero-order valence-corrected chi connectivity index (χ0v) is 12.6. The molecule has 5 heteroatoms. The van der Waals surface area contributed by atoms with Gasteiger partial charge in [0.15, 0.2) is 17.3 Å². The highest BCUT2D eigenvalue weighted by molar-refractivity contribution is 9.09. The predicted octanol–water partition coefficient (Wildman–Crippen LogP) is 3.48. The number of ketones is 1. The first kappa shape index (κ1) is 13.2. The average Bonchev–Trinajstić information content (AvgIpc) is 3.04. The van der Waals surface area contributed by atoms with E-state index in [1.807, 2.05) is 35.2 Å². The standard InChI is InChI=1S/C15H14BrNO3/c1-10(18)12-7-17(5-4-16)8-13(12)11-2-3-14-15(6-11)20-9-19-14/h2-3,6-8H,4-5,9H2,1H3. The average molecular weight is 336 g/mol. The summed E-state index contributed by atoms with van der Waals surface area (Å²) in [7, 11) is 0. The molecule has 104 valence electrons. The maximum absolute atomic E-state index is 11.8. The molecule has 0 radical (unpaired) electrons. The minimum Gasteiger partial charge on any atom is -0.454 e. The molecule has 0 N–H and O–H groups in total. The monoisotopic (exact) mass is 335 g/mol. The SMILES string of the molecule is CC(=O)c1cn(CCBr)cc1-c1ccc2c(c1)OCO2. The van der Waals surface area contributed by atoms with E-state index in [-0.39, 0.29) is 12.6 Å². The van der Waals surface area contributed by atoms with Crippen molar-refractivity contribution in [3.8, 4) is 22.6 Å². The Morgan fingerprint density at radius 3 is 2.85 bits per heavy atom. The highest BCUT2D eigenvalue weighted by atomic mass is 79.9. The second-order valence-electron chi connectivity index (χ2n) is 4.64. The molecule has 2 aromatic rings. The Kier molecular flexibility index (Phi) is 3.53. The summed E-state index contributed by atoms with van der Waals surface area (Å²) >= 11 is 3.41. The Balaban J connectivity index is 2.06. The van der Waals surface area contributed by atoms with Gasteiger partial charge in [-0.25, -0.2) is 0 Å². The van der Waals surface area contributed by atoms with Crippen molar-refractivity contribution in [2.24, 2.45) is 0 Å². The molecule has 0 saturated carbocycles. The summed E-state index contributed by atoms with van der Waals surface area (Å²) in [6.07, 6.45) is 3.89. The van der Waals surface area contributed by atoms with Gasteiger partial charge in [0.1, 0.15) is 0 Å². The Labute approximate surface area is 125 Å². The third-order valence-electron chi connectivity index (χ3n) is 3.29. The van der Waals surface area contributed by atoms with Crippen LogP contribution in [-0.4, -0.2) is 22.5 Å². The summed E-state index contributed by atoms with van der Waals surface area (Å²) in [5.74, 6) is 1.54. The lowest BCUT2D eigenvalue weighted by Crippen LogP contribution is -1.95. The van der Waals surface area contributed by atoms with Gasteiger partial charge in [-0.1, -0.05) is 22.0 Å². The first-order valence-corrected chi connectivity index (χ1v) is 7.48. The second kappa shape index (κ2) is 5.32. The van der Waals surface area contributed by atoms with Crippen LogP contribution in [0.2, 0.25) is 0 Å². The number of benzene rings is 1. The van der Waals surface area contributed by atoms with Crippen LogP contribution in [0.25, 0.3) is 11.1 Å². The number of alkyl halides is 1. The Bertz CT molecular complexity index is 663. The van der Waals surface area contributed by atoms with Crippen molar-refractivity contribution in [1.29, 1.82) is 0 Å². The molecule has 0 fully saturated rings. The largest absolute Gasteiger partial charge is 0.454 e. The van der Waals surface area contributed by atoms with Gasteiger partial charge < -0.3 is 14.0 Å². The molecule has 1 aromatic carbocycles. The molecule has 0 bridgehead atoms. The van der Waals surface area contributed by atoms with E-state index in [0.29, 0.717) is 0 Å². The van der Waals surface area contributed by atoms with E-state index < -0.39 is 0 Å². The first-order chi connectivity index (χ1) is 9.69. The van der Waals surface area contributed by atoms with Crippen LogP contribution in [0.15, 0.2) is 30.6 Å². The van der Waals surface area contributed by atoms with Gasteiger partial charge in [-0.05, 0) is 24.6 Å². The molecule has 0 amide bonds. The van der Waals surface area contributed by atoms with Gasteiger partial charge in [-0.2, -0.15) is 0 Å². The predicted molar refractivity (Wildman–Crippen MR) is 79.8 cm³/mol. The fourth-order valence-electron chi connectivity index (χ4n) is 2.31. The van der Waals surface area contributed by atoms with Gasteiger partial charge in [0.2, 0.25) is 6.79 Å². The van der Waals surface area contributed by atoms with Crippen molar-refractivity contribution < 1.29 is 14.3 Å². The highest BCUT2D eigenvalue weighted by Crippen LogP contribution is 2.37. The van der Waals surface area contributed by atoms with Crippen molar-refractivity contribution in [3.63, 3.8) is 0 Å². The number of halogens is 1. The van der Waals surface area contributed by atoms with Crippen molar-refractivity contribution in [3.05, 3.63) is 36.2 Å². The molecule has 1 aliphatic heterocycles. The lowest BCUT2D eigenvalue weighted by molar-refractivity contribution is 0.101. The van der Waals surface area contributed by atoms with Gasteiger partial charge in [0.25, 0.3) is 0 Å². The summed E-state index contributed by atoms with van der Waals surface area (Å²) in [5, 5.41) is 0.847. The highest BCUT2D eigenvalue weighted by Gasteiger charge is 2.17. The van der Waals surface area contributed by atoms with Crippen LogP contribution in [0.3, 0.4) is 0 Å². The Morgan fingerprint density at radius 2 is 2.10 bits per heavy atom. The van der Waals surface area contributed by atoms with Crippen molar-refractivity contribution in [2.75, 3.05) is 12.1 Å². The number of aromatic nitrogens is 1. The molecule has 0 aliphatic carbocycles. The number of aryl methyl sites for hydroxylation is 1. The maximum Gasteiger partial charge on any atom is 0.231 e. The lowest BCUT2D eigenvalue weighted by Gasteiger charge is -2.03. The molecule has 1 aromatic heterocycles. The van der Waals surface area contributed by atoms with E-state index in [0.717, 1.165) is 40.1 Å². The number of carbonyl (C=O) groups excluding carboxylic acids is 1. The normalized spacial score (nSPS) is 12.7. The summed E-state index contributed by atoms with van der Waals surface area (Å²) in [4.78, 5) is 11.8. The number of fused-ring (bicyclic) bond motifs is 1. The zero-order chi connectivity index (χ0) is 14.1. The molecule has 0 atom stereocenters. The van der Waals surface area contributed by atoms with Gasteiger partial charge >= 0.3 is 0 Å². The molecular weight excluding hydrogens is 322 g/mol. The maximum atomic E-state index is 11.8. The minimum absolute atomic E-state index is 0.0611. The zero-order valence-electron chi connectivity index (χ0n) is 11.1. The van der Waals surface area contributed by atoms with Crippen LogP contribution in [0.5, 0.6) is 11.5 Å². The van der Waals surface area contributed by atoms with Crippen LogP contribution < -0.4 is 9.47 Å². The molecule has 0 saturated heterocycles. The fourth-order valence-corrected chi connectivity index (χ4v) is 2.72. The van der Waals surface area contributed by atoms with Crippen LogP contribution in [0.4, 0.5) is 0 Å². The van der Waals surface area contributed by atoms with Gasteiger partial charge in [0.05, 0.1) is 0 Å².